The largest absolute Gasteiger partial charge is 0.508 e. The summed E-state index contributed by atoms with van der Waals surface area (Å²) >= 11 is 0. The number of fused-ring (bicyclic) bond motifs is 3. The highest BCUT2D eigenvalue weighted by Crippen LogP contribution is 2.29. The number of rotatable bonds is 1. The van der Waals surface area contributed by atoms with Crippen LogP contribution in [0, 0.1) is 0 Å². The predicted molar refractivity (Wildman–Crippen MR) is 67.9 cm³/mol. The first-order valence-corrected chi connectivity index (χ1v) is 5.52. The van der Waals surface area contributed by atoms with Crippen molar-refractivity contribution < 1.29 is 14.6 Å². The summed E-state index contributed by atoms with van der Waals surface area (Å²) in [6.45, 7) is 0. The van der Waals surface area contributed by atoms with E-state index in [2.05, 4.69) is 0 Å². The summed E-state index contributed by atoms with van der Waals surface area (Å²) in [5, 5.41) is 10.3. The number of hydrogen-bond donors (Lipinski definition) is 1. The number of aromatic hydroxyl groups is 1. The number of phenols is 1. The van der Waals surface area contributed by atoms with Crippen LogP contribution in [-0.2, 0) is 4.74 Å². The summed E-state index contributed by atoms with van der Waals surface area (Å²) in [6.07, 6.45) is 1.85. The standard InChI is InChI=1S/C14H11NO3/c1-18-14(17)13-10-6-5-9(16)8-12(10)15-7-3-2-4-11(13)15/h2-8,16H,1H3. The van der Waals surface area contributed by atoms with Crippen LogP contribution in [0.15, 0.2) is 42.6 Å². The van der Waals surface area contributed by atoms with Crippen LogP contribution in [0.4, 0.5) is 0 Å². The minimum atomic E-state index is -0.376. The quantitative estimate of drug-likeness (QED) is 0.666. The molecule has 2 heterocycles. The molecule has 0 radical (unpaired) electrons. The SMILES string of the molecule is COC(=O)c1c2ccc(O)cc2n2ccccc12. The summed E-state index contributed by atoms with van der Waals surface area (Å²) < 4.78 is 6.69. The summed E-state index contributed by atoms with van der Waals surface area (Å²) in [5.74, 6) is -0.207. The fourth-order valence-electron chi connectivity index (χ4n) is 2.24. The van der Waals surface area contributed by atoms with Gasteiger partial charge in [-0.2, -0.15) is 0 Å². The van der Waals surface area contributed by atoms with Gasteiger partial charge in [-0.3, -0.25) is 0 Å². The van der Waals surface area contributed by atoms with Crippen molar-refractivity contribution in [2.24, 2.45) is 0 Å². The maximum absolute atomic E-state index is 11.9. The highest BCUT2D eigenvalue weighted by Gasteiger charge is 2.18. The number of pyridine rings is 1. The minimum Gasteiger partial charge on any atom is -0.508 e. The molecule has 1 aromatic carbocycles. The first-order valence-electron chi connectivity index (χ1n) is 5.52. The Labute approximate surface area is 103 Å². The molecule has 3 rings (SSSR count). The minimum absolute atomic E-state index is 0.169. The topological polar surface area (TPSA) is 50.9 Å². The average Bonchev–Trinajstić information content (AvgIpc) is 2.72. The van der Waals surface area contributed by atoms with Gasteiger partial charge >= 0.3 is 5.97 Å². The molecule has 0 saturated carbocycles. The van der Waals surface area contributed by atoms with Gasteiger partial charge in [-0.05, 0) is 24.3 Å². The molecule has 4 nitrogen and oxygen atoms in total. The Morgan fingerprint density at radius 2 is 2.06 bits per heavy atom. The van der Waals surface area contributed by atoms with Crippen LogP contribution >= 0.6 is 0 Å². The van der Waals surface area contributed by atoms with Crippen LogP contribution in [0.5, 0.6) is 5.75 Å². The number of phenolic OH excluding ortho intramolecular Hbond substituents is 1. The molecule has 18 heavy (non-hydrogen) atoms. The Kier molecular flexibility index (Phi) is 2.23. The molecule has 0 spiro atoms. The molecular formula is C14H11NO3. The third-order valence-corrected chi connectivity index (χ3v) is 3.02. The molecule has 2 aromatic heterocycles. The fourth-order valence-corrected chi connectivity index (χ4v) is 2.24. The first kappa shape index (κ1) is 10.7. The highest BCUT2D eigenvalue weighted by atomic mass is 16.5. The molecule has 0 bridgehead atoms. The van der Waals surface area contributed by atoms with E-state index in [4.69, 9.17) is 4.74 Å². The van der Waals surface area contributed by atoms with E-state index >= 15 is 0 Å². The van der Waals surface area contributed by atoms with Crippen molar-refractivity contribution in [3.05, 3.63) is 48.2 Å². The number of carbonyl (C=O) groups is 1. The summed E-state index contributed by atoms with van der Waals surface area (Å²) in [7, 11) is 1.36. The van der Waals surface area contributed by atoms with E-state index in [0.717, 1.165) is 16.4 Å². The van der Waals surface area contributed by atoms with Crippen molar-refractivity contribution in [2.45, 2.75) is 0 Å². The van der Waals surface area contributed by atoms with Gasteiger partial charge < -0.3 is 14.2 Å². The van der Waals surface area contributed by atoms with E-state index in [-0.39, 0.29) is 11.7 Å². The molecule has 4 heteroatoms. The van der Waals surface area contributed by atoms with Crippen molar-refractivity contribution in [3.8, 4) is 5.75 Å². The van der Waals surface area contributed by atoms with Gasteiger partial charge in [0.2, 0.25) is 0 Å². The monoisotopic (exact) mass is 241 g/mol. The first-order chi connectivity index (χ1) is 8.72. The summed E-state index contributed by atoms with van der Waals surface area (Å²) in [4.78, 5) is 11.9. The average molecular weight is 241 g/mol. The molecule has 0 amide bonds. The number of benzene rings is 1. The molecule has 90 valence electrons. The molecular weight excluding hydrogens is 230 g/mol. The van der Waals surface area contributed by atoms with Crippen molar-refractivity contribution in [3.63, 3.8) is 0 Å². The Morgan fingerprint density at radius 3 is 2.83 bits per heavy atom. The zero-order chi connectivity index (χ0) is 12.7. The van der Waals surface area contributed by atoms with Crippen molar-refractivity contribution in [1.82, 2.24) is 4.40 Å². The molecule has 0 fully saturated rings. The van der Waals surface area contributed by atoms with Crippen LogP contribution < -0.4 is 0 Å². The van der Waals surface area contributed by atoms with Gasteiger partial charge in [0.15, 0.2) is 0 Å². The Morgan fingerprint density at radius 1 is 1.22 bits per heavy atom. The Hall–Kier alpha value is -2.49. The number of carbonyl (C=O) groups excluding carboxylic acids is 1. The van der Waals surface area contributed by atoms with Crippen LogP contribution in [-0.4, -0.2) is 22.6 Å². The zero-order valence-corrected chi connectivity index (χ0v) is 9.75. The molecule has 0 aliphatic carbocycles. The Bertz CT molecular complexity index is 758. The van der Waals surface area contributed by atoms with Gasteiger partial charge in [0, 0.05) is 17.6 Å². The van der Waals surface area contributed by atoms with Gasteiger partial charge in [0.25, 0.3) is 0 Å². The maximum Gasteiger partial charge on any atom is 0.340 e. The third kappa shape index (κ3) is 1.35. The van der Waals surface area contributed by atoms with E-state index in [0.29, 0.717) is 5.56 Å². The van der Waals surface area contributed by atoms with Gasteiger partial charge in [-0.25, -0.2) is 4.79 Å². The van der Waals surface area contributed by atoms with Crippen LogP contribution in [0.25, 0.3) is 16.4 Å². The van der Waals surface area contributed by atoms with Gasteiger partial charge in [0.05, 0.1) is 23.7 Å². The number of aromatic nitrogens is 1. The number of methoxy groups -OCH3 is 1. The van der Waals surface area contributed by atoms with Crippen molar-refractivity contribution >= 4 is 22.4 Å². The lowest BCUT2D eigenvalue weighted by Crippen LogP contribution is -2.00. The second kappa shape index (κ2) is 3.77. The van der Waals surface area contributed by atoms with Gasteiger partial charge in [-0.1, -0.05) is 6.07 Å². The van der Waals surface area contributed by atoms with Crippen LogP contribution in [0.1, 0.15) is 10.4 Å². The number of ether oxygens (including phenoxy) is 1. The van der Waals surface area contributed by atoms with E-state index in [9.17, 15) is 9.90 Å². The highest BCUT2D eigenvalue weighted by molar-refractivity contribution is 6.11. The van der Waals surface area contributed by atoms with E-state index < -0.39 is 0 Å². The lowest BCUT2D eigenvalue weighted by Gasteiger charge is -1.98. The molecule has 0 aliphatic heterocycles. The Balaban J connectivity index is 2.54. The van der Waals surface area contributed by atoms with Crippen LogP contribution in [0.3, 0.4) is 0 Å². The molecule has 1 N–H and O–H groups in total. The lowest BCUT2D eigenvalue weighted by atomic mass is 10.1. The molecule has 0 atom stereocenters. The predicted octanol–water partition coefficient (Wildman–Crippen LogP) is 2.58. The zero-order valence-electron chi connectivity index (χ0n) is 9.75. The number of hydrogen-bond acceptors (Lipinski definition) is 3. The normalized spacial score (nSPS) is 10.9. The van der Waals surface area contributed by atoms with Crippen molar-refractivity contribution in [2.75, 3.05) is 7.11 Å². The van der Waals surface area contributed by atoms with Gasteiger partial charge in [0.1, 0.15) is 5.75 Å². The van der Waals surface area contributed by atoms with E-state index in [1.807, 2.05) is 28.8 Å². The fraction of sp³-hybridized carbons (Fsp3) is 0.0714. The second-order valence-electron chi connectivity index (χ2n) is 4.02. The third-order valence-electron chi connectivity index (χ3n) is 3.02. The number of nitrogens with zero attached hydrogens (tertiary/aromatic N) is 1. The second-order valence-corrected chi connectivity index (χ2v) is 4.02. The molecule has 0 saturated heterocycles. The summed E-state index contributed by atoms with van der Waals surface area (Å²) in [6, 6.07) is 10.5. The lowest BCUT2D eigenvalue weighted by molar-refractivity contribution is 0.0605. The smallest absolute Gasteiger partial charge is 0.340 e. The van der Waals surface area contributed by atoms with Crippen molar-refractivity contribution in [1.29, 1.82) is 0 Å². The van der Waals surface area contributed by atoms with E-state index in [1.54, 1.807) is 18.2 Å². The maximum atomic E-state index is 11.9. The molecule has 0 unspecified atom stereocenters. The number of esters is 1. The van der Waals surface area contributed by atoms with Crippen LogP contribution in [0.2, 0.25) is 0 Å². The van der Waals surface area contributed by atoms with Gasteiger partial charge in [-0.15, -0.1) is 0 Å². The summed E-state index contributed by atoms with van der Waals surface area (Å²) in [5.41, 5.74) is 2.07. The molecule has 3 aromatic rings. The van der Waals surface area contributed by atoms with E-state index in [1.165, 1.54) is 7.11 Å². The molecule has 0 aliphatic rings.